The van der Waals surface area contributed by atoms with Gasteiger partial charge in [-0.05, 0) is 26.0 Å². The predicted octanol–water partition coefficient (Wildman–Crippen LogP) is 1.71. The molecular weight excluding hydrogens is 152 g/mol. The maximum atomic E-state index is 5.61. The lowest BCUT2D eigenvalue weighted by Gasteiger charge is -2.19. The zero-order valence-electron chi connectivity index (χ0n) is 7.40. The number of hydrogen-bond donors (Lipinski definition) is 1. The van der Waals surface area contributed by atoms with Gasteiger partial charge in [-0.3, -0.25) is 4.84 Å². The van der Waals surface area contributed by atoms with Crippen molar-refractivity contribution in [3.63, 3.8) is 0 Å². The van der Waals surface area contributed by atoms with Crippen LogP contribution in [0.25, 0.3) is 0 Å². The van der Waals surface area contributed by atoms with E-state index in [2.05, 4.69) is 0 Å². The molecule has 3 heteroatoms. The quantitative estimate of drug-likeness (QED) is 0.548. The largest absolute Gasteiger partial charge is 0.255 e. The minimum atomic E-state index is 0.0928. The Balaban J connectivity index is 2.59. The van der Waals surface area contributed by atoms with E-state index in [9.17, 15) is 0 Å². The molecule has 12 heavy (non-hydrogen) atoms. The Morgan fingerprint density at radius 3 is 2.33 bits per heavy atom. The van der Waals surface area contributed by atoms with Crippen LogP contribution in [0.4, 0.5) is 5.69 Å². The van der Waals surface area contributed by atoms with Gasteiger partial charge < -0.3 is 0 Å². The Kier molecular flexibility index (Phi) is 3.08. The molecule has 0 heterocycles. The van der Waals surface area contributed by atoms with Crippen molar-refractivity contribution in [2.75, 3.05) is 5.17 Å². The maximum Gasteiger partial charge on any atom is 0.0820 e. The normalized spacial score (nSPS) is 10.3. The first kappa shape index (κ1) is 9.03. The molecule has 1 aromatic carbocycles. The number of benzene rings is 1. The van der Waals surface area contributed by atoms with Crippen LogP contribution in [0.3, 0.4) is 0 Å². The summed E-state index contributed by atoms with van der Waals surface area (Å²) in [6.07, 6.45) is 0.0928. The fraction of sp³-hybridized carbons (Fsp3) is 0.333. The molecule has 0 radical (unpaired) electrons. The second-order valence-electron chi connectivity index (χ2n) is 2.82. The predicted molar refractivity (Wildman–Crippen MR) is 49.3 cm³/mol. The molecule has 0 aliphatic carbocycles. The minimum Gasteiger partial charge on any atom is -0.255 e. The second kappa shape index (κ2) is 4.09. The van der Waals surface area contributed by atoms with Crippen molar-refractivity contribution in [1.82, 2.24) is 0 Å². The van der Waals surface area contributed by atoms with Crippen LogP contribution in [-0.2, 0) is 4.84 Å². The molecule has 3 nitrogen and oxygen atoms in total. The first-order chi connectivity index (χ1) is 5.70. The molecule has 0 saturated carbocycles. The Labute approximate surface area is 72.7 Å². The van der Waals surface area contributed by atoms with E-state index in [1.54, 1.807) is 0 Å². The standard InChI is InChI=1S/C9H14N2O/c1-8(2)12-11(10)9-6-4-3-5-7-9/h3-8H,10H2,1-2H3. The molecule has 1 rings (SSSR count). The third-order valence-corrected chi connectivity index (χ3v) is 1.34. The van der Waals surface area contributed by atoms with Crippen LogP contribution >= 0.6 is 0 Å². The van der Waals surface area contributed by atoms with Crippen molar-refractivity contribution < 1.29 is 4.84 Å². The lowest BCUT2D eigenvalue weighted by atomic mass is 10.3. The van der Waals surface area contributed by atoms with Gasteiger partial charge in [-0.25, -0.2) is 5.84 Å². The van der Waals surface area contributed by atoms with Gasteiger partial charge in [0.15, 0.2) is 0 Å². The lowest BCUT2D eigenvalue weighted by molar-refractivity contribution is 0.0559. The molecule has 66 valence electrons. The molecule has 0 unspecified atom stereocenters. The van der Waals surface area contributed by atoms with Crippen LogP contribution < -0.4 is 11.0 Å². The summed E-state index contributed by atoms with van der Waals surface area (Å²) in [5, 5.41) is 1.28. The molecule has 0 aromatic heterocycles. The molecule has 0 amide bonds. The molecule has 0 aliphatic heterocycles. The first-order valence-corrected chi connectivity index (χ1v) is 3.97. The highest BCUT2D eigenvalue weighted by molar-refractivity contribution is 5.41. The van der Waals surface area contributed by atoms with Crippen molar-refractivity contribution in [3.8, 4) is 0 Å². The average molecular weight is 166 g/mol. The van der Waals surface area contributed by atoms with E-state index < -0.39 is 0 Å². The fourth-order valence-electron chi connectivity index (χ4n) is 0.863. The Morgan fingerprint density at radius 2 is 1.83 bits per heavy atom. The summed E-state index contributed by atoms with van der Waals surface area (Å²) < 4.78 is 0. The number of hydrazine groups is 1. The van der Waals surface area contributed by atoms with E-state index in [0.717, 1.165) is 5.69 Å². The van der Waals surface area contributed by atoms with E-state index in [1.807, 2.05) is 44.2 Å². The highest BCUT2D eigenvalue weighted by Gasteiger charge is 2.02. The molecule has 1 aromatic rings. The molecule has 0 atom stereocenters. The molecule has 0 bridgehead atoms. The van der Waals surface area contributed by atoms with E-state index in [4.69, 9.17) is 10.7 Å². The zero-order chi connectivity index (χ0) is 8.97. The fourth-order valence-corrected chi connectivity index (χ4v) is 0.863. The van der Waals surface area contributed by atoms with Crippen molar-refractivity contribution in [1.29, 1.82) is 0 Å². The van der Waals surface area contributed by atoms with Crippen LogP contribution in [0.15, 0.2) is 30.3 Å². The summed E-state index contributed by atoms with van der Waals surface area (Å²) in [6, 6.07) is 9.55. The second-order valence-corrected chi connectivity index (χ2v) is 2.82. The van der Waals surface area contributed by atoms with Gasteiger partial charge in [-0.2, -0.15) is 5.17 Å². The summed E-state index contributed by atoms with van der Waals surface area (Å²) in [5.41, 5.74) is 0.853. The smallest absolute Gasteiger partial charge is 0.0820 e. The highest BCUT2D eigenvalue weighted by atomic mass is 16.7. The van der Waals surface area contributed by atoms with Crippen LogP contribution in [0.2, 0.25) is 0 Å². The van der Waals surface area contributed by atoms with E-state index in [1.165, 1.54) is 5.17 Å². The molecule has 0 aliphatic rings. The Hall–Kier alpha value is -1.06. The Morgan fingerprint density at radius 1 is 1.25 bits per heavy atom. The van der Waals surface area contributed by atoms with Gasteiger partial charge >= 0.3 is 0 Å². The number of nitrogens with two attached hydrogens (primary N) is 1. The van der Waals surface area contributed by atoms with Crippen LogP contribution in [-0.4, -0.2) is 6.10 Å². The van der Waals surface area contributed by atoms with Gasteiger partial charge in [0.2, 0.25) is 0 Å². The minimum absolute atomic E-state index is 0.0928. The van der Waals surface area contributed by atoms with Crippen LogP contribution in [0, 0.1) is 0 Å². The van der Waals surface area contributed by atoms with Gasteiger partial charge in [0.1, 0.15) is 0 Å². The highest BCUT2D eigenvalue weighted by Crippen LogP contribution is 2.10. The van der Waals surface area contributed by atoms with Crippen molar-refractivity contribution >= 4 is 5.69 Å². The van der Waals surface area contributed by atoms with Gasteiger partial charge in [0.25, 0.3) is 0 Å². The Bertz CT molecular complexity index is 223. The van der Waals surface area contributed by atoms with Crippen molar-refractivity contribution in [2.45, 2.75) is 20.0 Å². The SMILES string of the molecule is CC(C)ON(N)c1ccccc1. The van der Waals surface area contributed by atoms with E-state index in [0.29, 0.717) is 0 Å². The number of nitrogens with zero attached hydrogens (tertiary/aromatic N) is 1. The summed E-state index contributed by atoms with van der Waals surface area (Å²) in [5.74, 6) is 5.61. The van der Waals surface area contributed by atoms with Crippen LogP contribution in [0.1, 0.15) is 13.8 Å². The molecule has 2 N–H and O–H groups in total. The maximum absolute atomic E-state index is 5.61. The summed E-state index contributed by atoms with van der Waals surface area (Å²) in [4.78, 5) is 5.25. The topological polar surface area (TPSA) is 38.5 Å². The number of anilines is 1. The first-order valence-electron chi connectivity index (χ1n) is 3.97. The molecule has 0 fully saturated rings. The van der Waals surface area contributed by atoms with E-state index in [-0.39, 0.29) is 6.10 Å². The van der Waals surface area contributed by atoms with Gasteiger partial charge in [0, 0.05) is 0 Å². The molecular formula is C9H14N2O. The number of rotatable bonds is 3. The number of hydrogen-bond acceptors (Lipinski definition) is 3. The monoisotopic (exact) mass is 166 g/mol. The molecule has 0 saturated heterocycles. The van der Waals surface area contributed by atoms with Crippen molar-refractivity contribution in [3.05, 3.63) is 30.3 Å². The molecule has 0 spiro atoms. The third-order valence-electron chi connectivity index (χ3n) is 1.34. The summed E-state index contributed by atoms with van der Waals surface area (Å²) >= 11 is 0. The van der Waals surface area contributed by atoms with Crippen molar-refractivity contribution in [2.24, 2.45) is 5.84 Å². The van der Waals surface area contributed by atoms with Crippen LogP contribution in [0.5, 0.6) is 0 Å². The van der Waals surface area contributed by atoms with Gasteiger partial charge in [0.05, 0.1) is 11.8 Å². The third kappa shape index (κ3) is 2.53. The average Bonchev–Trinajstić information content (AvgIpc) is 2.05. The lowest BCUT2D eigenvalue weighted by Crippen LogP contribution is -2.33. The summed E-state index contributed by atoms with van der Waals surface area (Å²) in [6.45, 7) is 3.87. The van der Waals surface area contributed by atoms with Gasteiger partial charge in [-0.15, -0.1) is 0 Å². The van der Waals surface area contributed by atoms with E-state index >= 15 is 0 Å². The van der Waals surface area contributed by atoms with Gasteiger partial charge in [-0.1, -0.05) is 18.2 Å². The number of para-hydroxylation sites is 1. The summed E-state index contributed by atoms with van der Waals surface area (Å²) in [7, 11) is 0. The zero-order valence-corrected chi connectivity index (χ0v) is 7.40.